The Balaban J connectivity index is 1.97. The molecule has 1 amide bonds. The molecule has 0 bridgehead atoms. The SMILES string of the molecule is Cc1cccc(C)c1NC(=O)[C@H](C)OC(=O)/C=C/c1ccccc1F. The molecule has 0 saturated carbocycles. The van der Waals surface area contributed by atoms with Crippen LogP contribution in [-0.2, 0) is 14.3 Å². The number of esters is 1. The third-order valence-corrected chi connectivity index (χ3v) is 3.70. The Morgan fingerprint density at radius 2 is 1.72 bits per heavy atom. The molecule has 2 aromatic rings. The summed E-state index contributed by atoms with van der Waals surface area (Å²) in [5, 5.41) is 2.77. The van der Waals surface area contributed by atoms with Crippen molar-refractivity contribution in [2.24, 2.45) is 0 Å². The zero-order valence-corrected chi connectivity index (χ0v) is 14.4. The van der Waals surface area contributed by atoms with E-state index in [-0.39, 0.29) is 5.56 Å². The largest absolute Gasteiger partial charge is 0.449 e. The number of carbonyl (C=O) groups is 2. The summed E-state index contributed by atoms with van der Waals surface area (Å²) >= 11 is 0. The Bertz CT molecular complexity index is 794. The number of halogens is 1. The first kappa shape index (κ1) is 18.4. The Labute approximate surface area is 146 Å². The van der Waals surface area contributed by atoms with Crippen LogP contribution in [0.2, 0.25) is 0 Å². The summed E-state index contributed by atoms with van der Waals surface area (Å²) in [6.07, 6.45) is 1.44. The van der Waals surface area contributed by atoms with E-state index in [0.29, 0.717) is 5.69 Å². The van der Waals surface area contributed by atoms with Gasteiger partial charge in [-0.05, 0) is 44.0 Å². The highest BCUT2D eigenvalue weighted by Crippen LogP contribution is 2.19. The van der Waals surface area contributed by atoms with Crippen LogP contribution in [0.3, 0.4) is 0 Å². The Hall–Kier alpha value is -2.95. The molecule has 0 aromatic heterocycles. The van der Waals surface area contributed by atoms with Gasteiger partial charge in [0, 0.05) is 17.3 Å². The van der Waals surface area contributed by atoms with Crippen molar-refractivity contribution in [1.82, 2.24) is 0 Å². The number of aryl methyl sites for hydroxylation is 2. The Morgan fingerprint density at radius 1 is 1.08 bits per heavy atom. The first-order chi connectivity index (χ1) is 11.9. The molecule has 0 heterocycles. The fourth-order valence-electron chi connectivity index (χ4n) is 2.27. The summed E-state index contributed by atoms with van der Waals surface area (Å²) in [5.41, 5.74) is 2.82. The van der Waals surface area contributed by atoms with Crippen LogP contribution in [0.15, 0.2) is 48.5 Å². The van der Waals surface area contributed by atoms with Gasteiger partial charge in [0.15, 0.2) is 6.10 Å². The quantitative estimate of drug-likeness (QED) is 0.660. The van der Waals surface area contributed by atoms with E-state index in [2.05, 4.69) is 5.32 Å². The average Bonchev–Trinajstić information content (AvgIpc) is 2.57. The fourth-order valence-corrected chi connectivity index (χ4v) is 2.27. The van der Waals surface area contributed by atoms with Gasteiger partial charge in [-0.3, -0.25) is 4.79 Å². The predicted octanol–water partition coefficient (Wildman–Crippen LogP) is 4.03. The number of ether oxygens (including phenoxy) is 1. The van der Waals surface area contributed by atoms with Gasteiger partial charge in [0.2, 0.25) is 0 Å². The molecule has 0 aliphatic carbocycles. The van der Waals surface area contributed by atoms with Gasteiger partial charge in [-0.25, -0.2) is 9.18 Å². The molecule has 0 fully saturated rings. The number of carbonyl (C=O) groups excluding carboxylic acids is 2. The van der Waals surface area contributed by atoms with Crippen molar-refractivity contribution in [3.05, 3.63) is 71.0 Å². The lowest BCUT2D eigenvalue weighted by molar-refractivity contribution is -0.148. The molecule has 0 spiro atoms. The van der Waals surface area contributed by atoms with Gasteiger partial charge in [0.1, 0.15) is 5.82 Å². The van der Waals surface area contributed by atoms with Crippen molar-refractivity contribution in [3.8, 4) is 0 Å². The van der Waals surface area contributed by atoms with Crippen LogP contribution < -0.4 is 5.32 Å². The third kappa shape index (κ3) is 5.01. The van der Waals surface area contributed by atoms with Gasteiger partial charge >= 0.3 is 5.97 Å². The molecule has 0 radical (unpaired) electrons. The zero-order valence-electron chi connectivity index (χ0n) is 14.4. The molecular formula is C20H20FNO3. The van der Waals surface area contributed by atoms with Gasteiger partial charge in [0.25, 0.3) is 5.91 Å². The topological polar surface area (TPSA) is 55.4 Å². The lowest BCUT2D eigenvalue weighted by Gasteiger charge is -2.15. The first-order valence-corrected chi connectivity index (χ1v) is 7.89. The maximum atomic E-state index is 13.5. The van der Waals surface area contributed by atoms with Crippen LogP contribution in [0, 0.1) is 19.7 Å². The monoisotopic (exact) mass is 341 g/mol. The summed E-state index contributed by atoms with van der Waals surface area (Å²) in [6.45, 7) is 5.25. The molecule has 2 aromatic carbocycles. The van der Waals surface area contributed by atoms with Gasteiger partial charge in [-0.2, -0.15) is 0 Å². The molecule has 1 N–H and O–H groups in total. The minimum Gasteiger partial charge on any atom is -0.449 e. The van der Waals surface area contributed by atoms with Gasteiger partial charge in [-0.15, -0.1) is 0 Å². The molecular weight excluding hydrogens is 321 g/mol. The second kappa shape index (κ2) is 8.24. The summed E-state index contributed by atoms with van der Waals surface area (Å²) in [6, 6.07) is 11.7. The average molecular weight is 341 g/mol. The number of amides is 1. The Kier molecular flexibility index (Phi) is 6.06. The fraction of sp³-hybridized carbons (Fsp3) is 0.200. The van der Waals surface area contributed by atoms with E-state index in [4.69, 9.17) is 4.74 Å². The van der Waals surface area contributed by atoms with Crippen molar-refractivity contribution in [2.75, 3.05) is 5.32 Å². The molecule has 1 atom stereocenters. The number of rotatable bonds is 5. The smallest absolute Gasteiger partial charge is 0.331 e. The number of hydrogen-bond donors (Lipinski definition) is 1. The highest BCUT2D eigenvalue weighted by molar-refractivity contribution is 5.97. The zero-order chi connectivity index (χ0) is 18.4. The van der Waals surface area contributed by atoms with Gasteiger partial charge in [-0.1, -0.05) is 36.4 Å². The van der Waals surface area contributed by atoms with Crippen LogP contribution in [0.25, 0.3) is 6.08 Å². The van der Waals surface area contributed by atoms with E-state index >= 15 is 0 Å². The highest BCUT2D eigenvalue weighted by Gasteiger charge is 2.18. The van der Waals surface area contributed by atoms with Crippen molar-refractivity contribution >= 4 is 23.6 Å². The Morgan fingerprint density at radius 3 is 2.36 bits per heavy atom. The second-order valence-electron chi connectivity index (χ2n) is 5.69. The van der Waals surface area contributed by atoms with Crippen LogP contribution in [0.1, 0.15) is 23.6 Å². The maximum absolute atomic E-state index is 13.5. The van der Waals surface area contributed by atoms with Gasteiger partial charge in [0.05, 0.1) is 0 Å². The van der Waals surface area contributed by atoms with Crippen molar-refractivity contribution in [1.29, 1.82) is 0 Å². The van der Waals surface area contributed by atoms with E-state index in [1.54, 1.807) is 12.1 Å². The maximum Gasteiger partial charge on any atom is 0.331 e. The predicted molar refractivity (Wildman–Crippen MR) is 95.5 cm³/mol. The van der Waals surface area contributed by atoms with E-state index in [9.17, 15) is 14.0 Å². The van der Waals surface area contributed by atoms with Crippen LogP contribution in [0.5, 0.6) is 0 Å². The highest BCUT2D eigenvalue weighted by atomic mass is 19.1. The van der Waals surface area contributed by atoms with E-state index in [1.165, 1.54) is 25.1 Å². The molecule has 0 saturated heterocycles. The van der Waals surface area contributed by atoms with E-state index in [0.717, 1.165) is 17.2 Å². The first-order valence-electron chi connectivity index (χ1n) is 7.89. The molecule has 4 nitrogen and oxygen atoms in total. The number of benzene rings is 2. The van der Waals surface area contributed by atoms with Crippen molar-refractivity contribution in [2.45, 2.75) is 26.9 Å². The summed E-state index contributed by atoms with van der Waals surface area (Å²) < 4.78 is 18.5. The van der Waals surface area contributed by atoms with Crippen LogP contribution in [0.4, 0.5) is 10.1 Å². The number of anilines is 1. The van der Waals surface area contributed by atoms with E-state index in [1.807, 2.05) is 32.0 Å². The van der Waals surface area contributed by atoms with E-state index < -0.39 is 23.8 Å². The second-order valence-corrected chi connectivity index (χ2v) is 5.69. The lowest BCUT2D eigenvalue weighted by atomic mass is 10.1. The third-order valence-electron chi connectivity index (χ3n) is 3.70. The van der Waals surface area contributed by atoms with Crippen LogP contribution in [-0.4, -0.2) is 18.0 Å². The normalized spacial score (nSPS) is 12.0. The van der Waals surface area contributed by atoms with Crippen molar-refractivity contribution in [3.63, 3.8) is 0 Å². The number of nitrogens with one attached hydrogen (secondary N) is 1. The minimum atomic E-state index is -0.975. The molecule has 2 rings (SSSR count). The van der Waals surface area contributed by atoms with Gasteiger partial charge < -0.3 is 10.1 Å². The molecule has 0 aliphatic rings. The molecule has 0 aliphatic heterocycles. The molecule has 5 heteroatoms. The van der Waals surface area contributed by atoms with Crippen LogP contribution >= 0.6 is 0 Å². The minimum absolute atomic E-state index is 0.270. The molecule has 0 unspecified atom stereocenters. The molecule has 25 heavy (non-hydrogen) atoms. The lowest BCUT2D eigenvalue weighted by Crippen LogP contribution is -2.30. The number of para-hydroxylation sites is 1. The summed E-state index contributed by atoms with van der Waals surface area (Å²) in [4.78, 5) is 24.0. The molecule has 130 valence electrons. The van der Waals surface area contributed by atoms with Crippen molar-refractivity contribution < 1.29 is 18.7 Å². The summed E-state index contributed by atoms with van der Waals surface area (Å²) in [7, 11) is 0. The summed E-state index contributed by atoms with van der Waals surface area (Å²) in [5.74, 6) is -1.58. The number of hydrogen-bond acceptors (Lipinski definition) is 3. The standard InChI is InChI=1S/C20H20FNO3/c1-13-7-6-8-14(2)19(13)22-20(24)15(3)25-18(23)12-11-16-9-4-5-10-17(16)21/h4-12,15H,1-3H3,(H,22,24)/b12-11+/t15-/m0/s1.